The molecular formula is C21H26N2O4. The number of benzene rings is 2. The monoisotopic (exact) mass is 370 g/mol. The van der Waals surface area contributed by atoms with Gasteiger partial charge in [-0.15, -0.1) is 0 Å². The van der Waals surface area contributed by atoms with Crippen molar-refractivity contribution in [1.82, 2.24) is 4.90 Å². The lowest BCUT2D eigenvalue weighted by Crippen LogP contribution is -2.39. The molecule has 27 heavy (non-hydrogen) atoms. The third-order valence-corrected chi connectivity index (χ3v) is 4.49. The van der Waals surface area contributed by atoms with Crippen molar-refractivity contribution in [3.8, 4) is 11.5 Å². The van der Waals surface area contributed by atoms with Crippen LogP contribution in [-0.2, 0) is 11.3 Å². The minimum absolute atomic E-state index is 0.0390. The van der Waals surface area contributed by atoms with E-state index in [0.717, 1.165) is 11.3 Å². The van der Waals surface area contributed by atoms with Crippen molar-refractivity contribution in [3.63, 3.8) is 0 Å². The second-order valence-electron chi connectivity index (χ2n) is 6.40. The molecule has 0 radical (unpaired) electrons. The molecule has 0 bridgehead atoms. The fraction of sp³-hybridized carbons (Fsp3) is 0.333. The number of rotatable bonds is 8. The van der Waals surface area contributed by atoms with Gasteiger partial charge in [0.25, 0.3) is 0 Å². The molecule has 1 amide bonds. The van der Waals surface area contributed by atoms with Gasteiger partial charge in [0.1, 0.15) is 11.5 Å². The summed E-state index contributed by atoms with van der Waals surface area (Å²) in [6, 6.07) is 12.2. The molecule has 0 aromatic heterocycles. The van der Waals surface area contributed by atoms with Crippen LogP contribution in [0.2, 0.25) is 0 Å². The van der Waals surface area contributed by atoms with Gasteiger partial charge in [0, 0.05) is 29.4 Å². The number of ketones is 1. The van der Waals surface area contributed by atoms with Crippen LogP contribution in [0.25, 0.3) is 0 Å². The quantitative estimate of drug-likeness (QED) is 0.722. The van der Waals surface area contributed by atoms with Crippen LogP contribution in [0.15, 0.2) is 42.5 Å². The van der Waals surface area contributed by atoms with E-state index in [4.69, 9.17) is 9.47 Å². The van der Waals surface area contributed by atoms with Crippen molar-refractivity contribution in [2.45, 2.75) is 26.4 Å². The SMILES string of the molecule is COc1ccc(CN(C)[C@@H](C)C(=O)Nc2cccc(C(C)=O)c2)c(OC)c1. The van der Waals surface area contributed by atoms with Gasteiger partial charge in [-0.25, -0.2) is 0 Å². The number of hydrogen-bond acceptors (Lipinski definition) is 5. The van der Waals surface area contributed by atoms with Crippen LogP contribution < -0.4 is 14.8 Å². The average Bonchev–Trinajstić information content (AvgIpc) is 2.67. The molecule has 2 aromatic rings. The number of hydrogen-bond donors (Lipinski definition) is 1. The highest BCUT2D eigenvalue weighted by Crippen LogP contribution is 2.26. The summed E-state index contributed by atoms with van der Waals surface area (Å²) in [7, 11) is 5.09. The molecule has 2 aromatic carbocycles. The van der Waals surface area contributed by atoms with Gasteiger partial charge in [-0.2, -0.15) is 0 Å². The van der Waals surface area contributed by atoms with Gasteiger partial charge in [-0.05, 0) is 39.1 Å². The van der Waals surface area contributed by atoms with Gasteiger partial charge in [0.15, 0.2) is 5.78 Å². The Kier molecular flexibility index (Phi) is 6.96. The van der Waals surface area contributed by atoms with E-state index < -0.39 is 0 Å². The van der Waals surface area contributed by atoms with Crippen LogP contribution >= 0.6 is 0 Å². The van der Waals surface area contributed by atoms with Crippen molar-refractivity contribution in [2.75, 3.05) is 26.6 Å². The maximum atomic E-state index is 12.6. The lowest BCUT2D eigenvalue weighted by atomic mass is 10.1. The maximum Gasteiger partial charge on any atom is 0.241 e. The van der Waals surface area contributed by atoms with Gasteiger partial charge < -0.3 is 14.8 Å². The lowest BCUT2D eigenvalue weighted by molar-refractivity contribution is -0.120. The van der Waals surface area contributed by atoms with Crippen molar-refractivity contribution < 1.29 is 19.1 Å². The Morgan fingerprint density at radius 2 is 1.85 bits per heavy atom. The predicted molar refractivity (Wildman–Crippen MR) is 106 cm³/mol. The van der Waals surface area contributed by atoms with Crippen LogP contribution in [0, 0.1) is 0 Å². The molecule has 144 valence electrons. The zero-order chi connectivity index (χ0) is 20.0. The van der Waals surface area contributed by atoms with Gasteiger partial charge in [0.05, 0.1) is 20.3 Å². The minimum Gasteiger partial charge on any atom is -0.497 e. The van der Waals surface area contributed by atoms with Crippen LogP contribution in [0.4, 0.5) is 5.69 Å². The molecule has 6 nitrogen and oxygen atoms in total. The molecule has 0 heterocycles. The van der Waals surface area contributed by atoms with Gasteiger partial charge in [-0.3, -0.25) is 14.5 Å². The maximum absolute atomic E-state index is 12.6. The molecule has 0 saturated heterocycles. The summed E-state index contributed by atoms with van der Waals surface area (Å²) in [6.07, 6.45) is 0. The summed E-state index contributed by atoms with van der Waals surface area (Å²) in [5.74, 6) is 1.24. The van der Waals surface area contributed by atoms with E-state index in [9.17, 15) is 9.59 Å². The second-order valence-corrected chi connectivity index (χ2v) is 6.40. The first-order valence-corrected chi connectivity index (χ1v) is 8.68. The number of likely N-dealkylation sites (N-methyl/N-ethyl adjacent to an activating group) is 1. The summed E-state index contributed by atoms with van der Waals surface area (Å²) < 4.78 is 10.6. The molecule has 0 aliphatic carbocycles. The van der Waals surface area contributed by atoms with Gasteiger partial charge in [0.2, 0.25) is 5.91 Å². The van der Waals surface area contributed by atoms with Crippen molar-refractivity contribution in [3.05, 3.63) is 53.6 Å². The van der Waals surface area contributed by atoms with E-state index in [1.807, 2.05) is 37.1 Å². The molecule has 0 aliphatic heterocycles. The van der Waals surface area contributed by atoms with E-state index in [1.165, 1.54) is 6.92 Å². The summed E-state index contributed by atoms with van der Waals surface area (Å²) >= 11 is 0. The van der Waals surface area contributed by atoms with E-state index in [0.29, 0.717) is 23.5 Å². The highest BCUT2D eigenvalue weighted by molar-refractivity contribution is 5.98. The number of Topliss-reactive ketones (excluding diaryl/α,β-unsaturated/α-hetero) is 1. The van der Waals surface area contributed by atoms with Gasteiger partial charge in [-0.1, -0.05) is 18.2 Å². The lowest BCUT2D eigenvalue weighted by Gasteiger charge is -2.25. The highest BCUT2D eigenvalue weighted by atomic mass is 16.5. The number of carbonyl (C=O) groups is 2. The number of anilines is 1. The Bertz CT molecular complexity index is 820. The standard InChI is InChI=1S/C21H26N2O4/c1-14(21(25)22-18-8-6-7-16(11-18)15(2)24)23(3)13-17-9-10-19(26-4)12-20(17)27-5/h6-12,14H,13H2,1-5H3,(H,22,25)/t14-/m0/s1. The molecule has 1 atom stereocenters. The number of methoxy groups -OCH3 is 2. The Hall–Kier alpha value is -2.86. The summed E-state index contributed by atoms with van der Waals surface area (Å²) in [4.78, 5) is 26.0. The topological polar surface area (TPSA) is 67.9 Å². The molecule has 0 fully saturated rings. The smallest absolute Gasteiger partial charge is 0.241 e. The van der Waals surface area contributed by atoms with E-state index >= 15 is 0 Å². The molecule has 1 N–H and O–H groups in total. The largest absolute Gasteiger partial charge is 0.497 e. The van der Waals surface area contributed by atoms with E-state index in [2.05, 4.69) is 5.32 Å². The normalized spacial score (nSPS) is 11.8. The van der Waals surface area contributed by atoms with E-state index in [-0.39, 0.29) is 17.7 Å². The third kappa shape index (κ3) is 5.31. The molecule has 0 unspecified atom stereocenters. The highest BCUT2D eigenvalue weighted by Gasteiger charge is 2.20. The predicted octanol–water partition coefficient (Wildman–Crippen LogP) is 3.37. The first kappa shape index (κ1) is 20.5. The molecular weight excluding hydrogens is 344 g/mol. The van der Waals surface area contributed by atoms with E-state index in [1.54, 1.807) is 38.5 Å². The number of nitrogens with one attached hydrogen (secondary N) is 1. The summed E-state index contributed by atoms with van der Waals surface area (Å²) in [5, 5.41) is 2.87. The molecule has 0 spiro atoms. The van der Waals surface area contributed by atoms with Gasteiger partial charge >= 0.3 is 0 Å². The van der Waals surface area contributed by atoms with Crippen LogP contribution in [-0.4, -0.2) is 43.9 Å². The summed E-state index contributed by atoms with van der Waals surface area (Å²) in [5.41, 5.74) is 2.13. The third-order valence-electron chi connectivity index (χ3n) is 4.49. The Balaban J connectivity index is 2.06. The molecule has 6 heteroatoms. The van der Waals surface area contributed by atoms with Crippen molar-refractivity contribution in [1.29, 1.82) is 0 Å². The molecule has 0 aliphatic rings. The number of amides is 1. The second kappa shape index (κ2) is 9.19. The first-order chi connectivity index (χ1) is 12.8. The Labute approximate surface area is 160 Å². The molecule has 0 saturated carbocycles. The minimum atomic E-state index is -0.377. The summed E-state index contributed by atoms with van der Waals surface area (Å²) in [6.45, 7) is 3.87. The zero-order valence-electron chi connectivity index (χ0n) is 16.4. The Morgan fingerprint density at radius 1 is 1.11 bits per heavy atom. The fourth-order valence-corrected chi connectivity index (χ4v) is 2.65. The number of ether oxygens (including phenoxy) is 2. The van der Waals surface area contributed by atoms with Crippen LogP contribution in [0.3, 0.4) is 0 Å². The molecule has 2 rings (SSSR count). The van der Waals surface area contributed by atoms with Crippen LogP contribution in [0.5, 0.6) is 11.5 Å². The number of carbonyl (C=O) groups excluding carboxylic acids is 2. The van der Waals surface area contributed by atoms with Crippen molar-refractivity contribution >= 4 is 17.4 Å². The van der Waals surface area contributed by atoms with Crippen molar-refractivity contribution in [2.24, 2.45) is 0 Å². The first-order valence-electron chi connectivity index (χ1n) is 8.68. The fourth-order valence-electron chi connectivity index (χ4n) is 2.65. The number of nitrogens with zero attached hydrogens (tertiary/aromatic N) is 1. The average molecular weight is 370 g/mol. The van der Waals surface area contributed by atoms with Crippen LogP contribution in [0.1, 0.15) is 29.8 Å². The Morgan fingerprint density at radius 3 is 2.48 bits per heavy atom. The zero-order valence-corrected chi connectivity index (χ0v) is 16.4.